The molecule has 0 amide bonds. The Morgan fingerprint density at radius 1 is 1.16 bits per heavy atom. The Balaban J connectivity index is 1.69. The van der Waals surface area contributed by atoms with Gasteiger partial charge in [-0.05, 0) is 55.8 Å². The molecule has 4 atom stereocenters. The van der Waals surface area contributed by atoms with Crippen molar-refractivity contribution in [2.24, 2.45) is 17.3 Å². The van der Waals surface area contributed by atoms with Crippen LogP contribution in [0.1, 0.15) is 52.4 Å². The first-order chi connectivity index (χ1) is 9.10. The van der Waals surface area contributed by atoms with Crippen molar-refractivity contribution in [2.45, 2.75) is 64.1 Å². The standard InChI is InChI=1S/C16H27BrO2/c1-15(2)12-6-7-13(9-12)16(15,11-17)19-10-14-5-3-4-8-18-14/h12-14H,3-11H2,1-2H3. The molecule has 0 aromatic rings. The minimum atomic E-state index is 0.0384. The molecule has 0 radical (unpaired) electrons. The molecular formula is C16H27BrO2. The van der Waals surface area contributed by atoms with Gasteiger partial charge in [0.2, 0.25) is 0 Å². The summed E-state index contributed by atoms with van der Waals surface area (Å²) in [5, 5.41) is 0.973. The Morgan fingerprint density at radius 3 is 2.53 bits per heavy atom. The van der Waals surface area contributed by atoms with E-state index in [0.29, 0.717) is 11.5 Å². The summed E-state index contributed by atoms with van der Waals surface area (Å²) in [7, 11) is 0. The number of hydrogen-bond donors (Lipinski definition) is 0. The van der Waals surface area contributed by atoms with E-state index in [0.717, 1.165) is 30.4 Å². The van der Waals surface area contributed by atoms with E-state index in [2.05, 4.69) is 29.8 Å². The van der Waals surface area contributed by atoms with Crippen molar-refractivity contribution >= 4 is 15.9 Å². The minimum Gasteiger partial charge on any atom is -0.376 e. The van der Waals surface area contributed by atoms with Crippen molar-refractivity contribution in [3.05, 3.63) is 0 Å². The van der Waals surface area contributed by atoms with Crippen molar-refractivity contribution in [1.82, 2.24) is 0 Å². The second kappa shape index (κ2) is 5.31. The molecule has 19 heavy (non-hydrogen) atoms. The maximum Gasteiger partial charge on any atom is 0.0861 e. The lowest BCUT2D eigenvalue weighted by Gasteiger charge is -2.49. The summed E-state index contributed by atoms with van der Waals surface area (Å²) in [6, 6.07) is 0. The van der Waals surface area contributed by atoms with E-state index < -0.39 is 0 Å². The fourth-order valence-electron chi connectivity index (χ4n) is 4.74. The molecule has 0 N–H and O–H groups in total. The predicted octanol–water partition coefficient (Wildman–Crippen LogP) is 4.16. The van der Waals surface area contributed by atoms with Crippen LogP contribution in [0.4, 0.5) is 0 Å². The van der Waals surface area contributed by atoms with Crippen LogP contribution in [-0.2, 0) is 9.47 Å². The first-order valence-corrected chi connectivity index (χ1v) is 9.04. The Labute approximate surface area is 125 Å². The molecule has 3 aliphatic rings. The zero-order valence-corrected chi connectivity index (χ0v) is 13.9. The SMILES string of the molecule is CC1(C)C2CCC(C2)C1(CBr)OCC1CCCCO1. The van der Waals surface area contributed by atoms with Gasteiger partial charge in [0, 0.05) is 11.9 Å². The van der Waals surface area contributed by atoms with Crippen LogP contribution in [0, 0.1) is 17.3 Å². The van der Waals surface area contributed by atoms with E-state index in [1.54, 1.807) is 0 Å². The summed E-state index contributed by atoms with van der Waals surface area (Å²) >= 11 is 3.77. The van der Waals surface area contributed by atoms with Crippen molar-refractivity contribution in [1.29, 1.82) is 0 Å². The maximum absolute atomic E-state index is 6.56. The van der Waals surface area contributed by atoms with E-state index >= 15 is 0 Å². The van der Waals surface area contributed by atoms with Crippen LogP contribution in [0.3, 0.4) is 0 Å². The van der Waals surface area contributed by atoms with Gasteiger partial charge in [-0.1, -0.05) is 29.8 Å². The molecule has 3 rings (SSSR count). The molecule has 0 aromatic carbocycles. The van der Waals surface area contributed by atoms with Crippen molar-refractivity contribution in [3.63, 3.8) is 0 Å². The third-order valence-electron chi connectivity index (χ3n) is 6.20. The van der Waals surface area contributed by atoms with E-state index in [-0.39, 0.29) is 5.60 Å². The van der Waals surface area contributed by atoms with Crippen LogP contribution in [0.25, 0.3) is 0 Å². The zero-order valence-electron chi connectivity index (χ0n) is 12.3. The van der Waals surface area contributed by atoms with Crippen LogP contribution >= 0.6 is 15.9 Å². The number of halogens is 1. The summed E-state index contributed by atoms with van der Waals surface area (Å²) in [4.78, 5) is 0. The molecule has 0 aromatic heterocycles. The molecule has 2 saturated carbocycles. The Morgan fingerprint density at radius 2 is 1.95 bits per heavy atom. The predicted molar refractivity (Wildman–Crippen MR) is 80.7 cm³/mol. The summed E-state index contributed by atoms with van der Waals surface area (Å²) < 4.78 is 12.4. The summed E-state index contributed by atoms with van der Waals surface area (Å²) in [6.45, 7) is 6.54. The topological polar surface area (TPSA) is 18.5 Å². The minimum absolute atomic E-state index is 0.0384. The third-order valence-corrected chi connectivity index (χ3v) is 7.04. The highest BCUT2D eigenvalue weighted by Gasteiger charge is 2.63. The molecule has 1 saturated heterocycles. The lowest BCUT2D eigenvalue weighted by molar-refractivity contribution is -0.165. The van der Waals surface area contributed by atoms with Crippen molar-refractivity contribution in [2.75, 3.05) is 18.5 Å². The first kappa shape index (κ1) is 14.3. The lowest BCUT2D eigenvalue weighted by Crippen LogP contribution is -2.54. The molecule has 110 valence electrons. The molecule has 0 spiro atoms. The molecular weight excluding hydrogens is 304 g/mol. The van der Waals surface area contributed by atoms with Crippen LogP contribution in [0.5, 0.6) is 0 Å². The number of ether oxygens (including phenoxy) is 2. The van der Waals surface area contributed by atoms with Gasteiger partial charge in [0.25, 0.3) is 0 Å². The van der Waals surface area contributed by atoms with E-state index in [1.165, 1.54) is 38.5 Å². The monoisotopic (exact) mass is 330 g/mol. The van der Waals surface area contributed by atoms with Crippen molar-refractivity contribution in [3.8, 4) is 0 Å². The highest BCUT2D eigenvalue weighted by atomic mass is 79.9. The van der Waals surface area contributed by atoms with E-state index in [4.69, 9.17) is 9.47 Å². The molecule has 1 aliphatic heterocycles. The van der Waals surface area contributed by atoms with Crippen LogP contribution < -0.4 is 0 Å². The summed E-state index contributed by atoms with van der Waals surface area (Å²) in [6.07, 6.45) is 8.14. The quantitative estimate of drug-likeness (QED) is 0.720. The van der Waals surface area contributed by atoms with Gasteiger partial charge in [0.05, 0.1) is 18.3 Å². The molecule has 3 fully saturated rings. The van der Waals surface area contributed by atoms with E-state index in [1.807, 2.05) is 0 Å². The van der Waals surface area contributed by atoms with Gasteiger partial charge in [-0.2, -0.15) is 0 Å². The van der Waals surface area contributed by atoms with E-state index in [9.17, 15) is 0 Å². The van der Waals surface area contributed by atoms with Crippen molar-refractivity contribution < 1.29 is 9.47 Å². The average Bonchev–Trinajstić information content (AvgIpc) is 2.98. The highest BCUT2D eigenvalue weighted by Crippen LogP contribution is 2.63. The van der Waals surface area contributed by atoms with Gasteiger partial charge in [-0.3, -0.25) is 0 Å². The molecule has 2 nitrogen and oxygen atoms in total. The second-order valence-corrected chi connectivity index (χ2v) is 7.81. The van der Waals surface area contributed by atoms with Crippen LogP contribution in [-0.4, -0.2) is 30.2 Å². The maximum atomic E-state index is 6.56. The van der Waals surface area contributed by atoms with Gasteiger partial charge >= 0.3 is 0 Å². The normalized spacial score (nSPS) is 44.7. The summed E-state index contributed by atoms with van der Waals surface area (Å²) in [5.41, 5.74) is 0.338. The average molecular weight is 331 g/mol. The first-order valence-electron chi connectivity index (χ1n) is 7.91. The van der Waals surface area contributed by atoms with Gasteiger partial charge in [0.1, 0.15) is 0 Å². The van der Waals surface area contributed by atoms with Gasteiger partial charge in [0.15, 0.2) is 0 Å². The highest BCUT2D eigenvalue weighted by molar-refractivity contribution is 9.09. The van der Waals surface area contributed by atoms with Crippen LogP contribution in [0.15, 0.2) is 0 Å². The largest absolute Gasteiger partial charge is 0.376 e. The Bertz CT molecular complexity index is 325. The third kappa shape index (κ3) is 2.20. The molecule has 3 heteroatoms. The summed E-state index contributed by atoms with van der Waals surface area (Å²) in [5.74, 6) is 1.60. The molecule has 2 bridgehead atoms. The Hall–Kier alpha value is 0.400. The lowest BCUT2D eigenvalue weighted by atomic mass is 9.66. The number of alkyl halides is 1. The number of hydrogen-bond acceptors (Lipinski definition) is 2. The van der Waals surface area contributed by atoms with Crippen LogP contribution in [0.2, 0.25) is 0 Å². The fourth-order valence-corrected chi connectivity index (χ4v) is 6.08. The van der Waals surface area contributed by atoms with Gasteiger partial charge in [-0.15, -0.1) is 0 Å². The smallest absolute Gasteiger partial charge is 0.0861 e. The fraction of sp³-hybridized carbons (Fsp3) is 1.00. The number of rotatable bonds is 4. The van der Waals surface area contributed by atoms with Gasteiger partial charge in [-0.25, -0.2) is 0 Å². The zero-order chi connectivity index (χ0) is 13.5. The molecule has 1 heterocycles. The molecule has 2 aliphatic carbocycles. The molecule has 4 unspecified atom stereocenters. The van der Waals surface area contributed by atoms with Gasteiger partial charge < -0.3 is 9.47 Å². The second-order valence-electron chi connectivity index (χ2n) is 7.25. The number of fused-ring (bicyclic) bond motifs is 2. The Kier molecular flexibility index (Phi) is 4.01.